The Labute approximate surface area is 132 Å². The van der Waals surface area contributed by atoms with Crippen LogP contribution in [-0.4, -0.2) is 27.5 Å². The summed E-state index contributed by atoms with van der Waals surface area (Å²) in [6.07, 6.45) is 0.826. The van der Waals surface area contributed by atoms with Crippen molar-refractivity contribution in [1.29, 1.82) is 0 Å². The zero-order chi connectivity index (χ0) is 14.9. The Morgan fingerprint density at radius 2 is 2.05 bits per heavy atom. The van der Waals surface area contributed by atoms with Gasteiger partial charge in [0, 0.05) is 36.3 Å². The first-order valence-corrected chi connectivity index (χ1v) is 8.15. The van der Waals surface area contributed by atoms with Crippen molar-refractivity contribution in [2.24, 2.45) is 0 Å². The highest BCUT2D eigenvalue weighted by Gasteiger charge is 2.26. The van der Waals surface area contributed by atoms with Gasteiger partial charge in [-0.05, 0) is 11.4 Å². The van der Waals surface area contributed by atoms with Gasteiger partial charge in [0.1, 0.15) is 0 Å². The van der Waals surface area contributed by atoms with E-state index >= 15 is 0 Å². The molecule has 1 aliphatic rings. The Kier molecular flexibility index (Phi) is 3.27. The number of carbonyl (C=O) groups excluding carboxylic acids is 1. The molecule has 3 heterocycles. The van der Waals surface area contributed by atoms with Crippen molar-refractivity contribution in [3.8, 4) is 11.3 Å². The van der Waals surface area contributed by atoms with E-state index in [9.17, 15) is 4.79 Å². The van der Waals surface area contributed by atoms with E-state index in [1.54, 1.807) is 0 Å². The first-order valence-electron chi connectivity index (χ1n) is 7.27. The first kappa shape index (κ1) is 13.3. The molecule has 0 bridgehead atoms. The Hall–Kier alpha value is -2.40. The monoisotopic (exact) mass is 309 g/mol. The molecule has 1 N–H and O–H groups in total. The van der Waals surface area contributed by atoms with Crippen LogP contribution in [0.5, 0.6) is 0 Å². The normalized spacial score (nSPS) is 13.9. The zero-order valence-electron chi connectivity index (χ0n) is 12.0. The minimum atomic E-state index is 0.112. The van der Waals surface area contributed by atoms with Gasteiger partial charge in [0.15, 0.2) is 0 Å². The predicted octanol–water partition coefficient (Wildman–Crippen LogP) is 3.34. The summed E-state index contributed by atoms with van der Waals surface area (Å²) in [6.45, 7) is 1.35. The number of aromatic amines is 1. The Bertz CT molecular complexity index is 793. The maximum Gasteiger partial charge on any atom is 0.264 e. The SMILES string of the molecule is O=C(c1cccs1)N1CCc2[nH]nc(-c3ccccc3)c2C1. The van der Waals surface area contributed by atoms with Gasteiger partial charge in [0.05, 0.1) is 10.6 Å². The number of hydrogen-bond acceptors (Lipinski definition) is 3. The fourth-order valence-electron chi connectivity index (χ4n) is 2.86. The van der Waals surface area contributed by atoms with Gasteiger partial charge in [-0.2, -0.15) is 5.10 Å². The third kappa shape index (κ3) is 2.23. The van der Waals surface area contributed by atoms with Crippen LogP contribution in [0.3, 0.4) is 0 Å². The fraction of sp³-hybridized carbons (Fsp3) is 0.176. The number of amides is 1. The highest BCUT2D eigenvalue weighted by molar-refractivity contribution is 7.12. The van der Waals surface area contributed by atoms with E-state index in [-0.39, 0.29) is 5.91 Å². The Morgan fingerprint density at radius 1 is 1.18 bits per heavy atom. The number of carbonyl (C=O) groups is 1. The molecule has 0 fully saturated rings. The summed E-state index contributed by atoms with van der Waals surface area (Å²) in [4.78, 5) is 15.3. The fourth-order valence-corrected chi connectivity index (χ4v) is 3.55. The molecule has 0 atom stereocenters. The van der Waals surface area contributed by atoms with Crippen LogP contribution >= 0.6 is 11.3 Å². The van der Waals surface area contributed by atoms with Crippen molar-refractivity contribution >= 4 is 17.2 Å². The summed E-state index contributed by atoms with van der Waals surface area (Å²) in [7, 11) is 0. The van der Waals surface area contributed by atoms with Crippen LogP contribution in [-0.2, 0) is 13.0 Å². The molecule has 2 aromatic heterocycles. The molecule has 1 aliphatic heterocycles. The van der Waals surface area contributed by atoms with Gasteiger partial charge in [-0.25, -0.2) is 0 Å². The summed E-state index contributed by atoms with van der Waals surface area (Å²) in [5.41, 5.74) is 4.33. The molecule has 110 valence electrons. The summed E-state index contributed by atoms with van der Waals surface area (Å²) < 4.78 is 0. The van der Waals surface area contributed by atoms with Gasteiger partial charge < -0.3 is 4.90 Å². The molecule has 22 heavy (non-hydrogen) atoms. The van der Waals surface area contributed by atoms with Crippen molar-refractivity contribution in [2.75, 3.05) is 6.54 Å². The lowest BCUT2D eigenvalue weighted by molar-refractivity contribution is 0.0739. The molecule has 4 nitrogen and oxygen atoms in total. The van der Waals surface area contributed by atoms with Crippen molar-refractivity contribution in [1.82, 2.24) is 15.1 Å². The van der Waals surface area contributed by atoms with Crippen LogP contribution in [0.2, 0.25) is 0 Å². The number of nitrogens with one attached hydrogen (secondary N) is 1. The molecule has 0 radical (unpaired) electrons. The number of benzene rings is 1. The second kappa shape index (κ2) is 5.42. The molecule has 1 amide bonds. The molecule has 4 rings (SSSR count). The molecule has 0 unspecified atom stereocenters. The average molecular weight is 309 g/mol. The highest BCUT2D eigenvalue weighted by atomic mass is 32.1. The van der Waals surface area contributed by atoms with Crippen molar-refractivity contribution < 1.29 is 4.79 Å². The van der Waals surface area contributed by atoms with E-state index in [0.29, 0.717) is 6.54 Å². The maximum absolute atomic E-state index is 12.5. The van der Waals surface area contributed by atoms with Crippen molar-refractivity contribution in [3.63, 3.8) is 0 Å². The molecule has 3 aromatic rings. The molecule has 0 saturated carbocycles. The Balaban J connectivity index is 1.66. The predicted molar refractivity (Wildman–Crippen MR) is 86.8 cm³/mol. The standard InChI is InChI=1S/C17H15N3OS/c21-17(15-7-4-10-22-15)20-9-8-14-13(11-20)16(19-18-14)12-5-2-1-3-6-12/h1-7,10H,8-9,11H2,(H,18,19). The summed E-state index contributed by atoms with van der Waals surface area (Å²) in [5.74, 6) is 0.112. The van der Waals surface area contributed by atoms with Gasteiger partial charge in [-0.1, -0.05) is 36.4 Å². The quantitative estimate of drug-likeness (QED) is 0.789. The van der Waals surface area contributed by atoms with E-state index in [0.717, 1.165) is 40.4 Å². The van der Waals surface area contributed by atoms with Crippen LogP contribution in [0.4, 0.5) is 0 Å². The van der Waals surface area contributed by atoms with E-state index in [4.69, 9.17) is 0 Å². The minimum absolute atomic E-state index is 0.112. The van der Waals surface area contributed by atoms with Crippen molar-refractivity contribution in [3.05, 3.63) is 64.0 Å². The second-order valence-corrected chi connectivity index (χ2v) is 6.30. The lowest BCUT2D eigenvalue weighted by Crippen LogP contribution is -2.35. The van der Waals surface area contributed by atoms with Gasteiger partial charge in [0.2, 0.25) is 0 Å². The number of aromatic nitrogens is 2. The number of rotatable bonds is 2. The molecule has 1 aromatic carbocycles. The van der Waals surface area contributed by atoms with Gasteiger partial charge >= 0.3 is 0 Å². The van der Waals surface area contributed by atoms with Crippen LogP contribution in [0, 0.1) is 0 Å². The molecule has 5 heteroatoms. The molecular formula is C17H15N3OS. The third-order valence-corrected chi connectivity index (χ3v) is 4.86. The lowest BCUT2D eigenvalue weighted by atomic mass is 10.0. The average Bonchev–Trinajstić information content (AvgIpc) is 3.24. The minimum Gasteiger partial charge on any atom is -0.333 e. The number of fused-ring (bicyclic) bond motifs is 1. The molecule has 0 spiro atoms. The second-order valence-electron chi connectivity index (χ2n) is 5.35. The zero-order valence-corrected chi connectivity index (χ0v) is 12.8. The van der Waals surface area contributed by atoms with Crippen LogP contribution in [0.15, 0.2) is 47.8 Å². The summed E-state index contributed by atoms with van der Waals surface area (Å²) in [5, 5.41) is 9.54. The van der Waals surface area contributed by atoms with E-state index in [2.05, 4.69) is 22.3 Å². The molecule has 0 aliphatic carbocycles. The molecule has 0 saturated heterocycles. The van der Waals surface area contributed by atoms with E-state index < -0.39 is 0 Å². The molecular weight excluding hydrogens is 294 g/mol. The van der Waals surface area contributed by atoms with Crippen LogP contribution in [0.1, 0.15) is 20.9 Å². The summed E-state index contributed by atoms with van der Waals surface area (Å²) in [6, 6.07) is 13.9. The number of nitrogens with zero attached hydrogens (tertiary/aromatic N) is 2. The lowest BCUT2D eigenvalue weighted by Gasteiger charge is -2.26. The number of thiophene rings is 1. The highest BCUT2D eigenvalue weighted by Crippen LogP contribution is 2.29. The van der Waals surface area contributed by atoms with Crippen LogP contribution < -0.4 is 0 Å². The van der Waals surface area contributed by atoms with Crippen molar-refractivity contribution in [2.45, 2.75) is 13.0 Å². The smallest absolute Gasteiger partial charge is 0.264 e. The van der Waals surface area contributed by atoms with E-state index in [1.807, 2.05) is 40.6 Å². The Morgan fingerprint density at radius 3 is 2.82 bits per heavy atom. The number of H-pyrrole nitrogens is 1. The maximum atomic E-state index is 12.5. The van der Waals surface area contributed by atoms with Gasteiger partial charge in [-0.15, -0.1) is 11.3 Å². The van der Waals surface area contributed by atoms with E-state index in [1.165, 1.54) is 11.3 Å². The van der Waals surface area contributed by atoms with Gasteiger partial charge in [-0.3, -0.25) is 9.89 Å². The van der Waals surface area contributed by atoms with Crippen LogP contribution in [0.25, 0.3) is 11.3 Å². The summed E-state index contributed by atoms with van der Waals surface area (Å²) >= 11 is 1.49. The third-order valence-electron chi connectivity index (χ3n) is 4.00. The van der Waals surface area contributed by atoms with Gasteiger partial charge in [0.25, 0.3) is 5.91 Å². The largest absolute Gasteiger partial charge is 0.333 e. The topological polar surface area (TPSA) is 49.0 Å². The first-order chi connectivity index (χ1) is 10.8. The number of hydrogen-bond donors (Lipinski definition) is 1.